The Morgan fingerprint density at radius 2 is 1.63 bits per heavy atom. The molecule has 3 amide bonds. The number of carbonyl (C=O) groups excluding carboxylic acids is 3. The molecule has 0 aliphatic carbocycles. The zero-order valence-corrected chi connectivity index (χ0v) is 19.2. The van der Waals surface area contributed by atoms with Gasteiger partial charge in [-0.15, -0.1) is 0 Å². The second-order valence-corrected chi connectivity index (χ2v) is 8.57. The SMILES string of the molecule is COc1ccc(-n2nc(C(N)=O)c3c2C(=O)N(c2ccc(N4CCC(O)CC4=O)cc2)CC3)cc1. The van der Waals surface area contributed by atoms with Crippen molar-refractivity contribution in [2.24, 2.45) is 5.73 Å². The van der Waals surface area contributed by atoms with E-state index in [0.29, 0.717) is 54.3 Å². The van der Waals surface area contributed by atoms with E-state index in [1.54, 1.807) is 65.4 Å². The van der Waals surface area contributed by atoms with Crippen molar-refractivity contribution in [2.45, 2.75) is 25.4 Å². The maximum absolute atomic E-state index is 13.6. The molecule has 0 spiro atoms. The number of aliphatic hydroxyl groups is 1. The standard InChI is InChI=1S/C25H25N5O5/c1-35-19-8-6-17(7-9-19)30-23-20(22(27-30)24(26)33)11-13-29(25(23)34)16-4-2-15(3-5-16)28-12-10-18(31)14-21(28)32/h2-9,18,31H,10-14H2,1H3,(H2,26,33). The first-order valence-electron chi connectivity index (χ1n) is 11.3. The number of anilines is 2. The van der Waals surface area contributed by atoms with Crippen LogP contribution in [0.3, 0.4) is 0 Å². The number of methoxy groups -OCH3 is 1. The molecule has 1 saturated heterocycles. The summed E-state index contributed by atoms with van der Waals surface area (Å²) in [4.78, 5) is 41.3. The number of aliphatic hydroxyl groups excluding tert-OH is 1. The molecule has 1 unspecified atom stereocenters. The molecule has 10 nitrogen and oxygen atoms in total. The first-order chi connectivity index (χ1) is 16.9. The Balaban J connectivity index is 1.47. The van der Waals surface area contributed by atoms with E-state index in [-0.39, 0.29) is 23.9 Å². The van der Waals surface area contributed by atoms with Crippen LogP contribution < -0.4 is 20.3 Å². The van der Waals surface area contributed by atoms with E-state index in [2.05, 4.69) is 5.10 Å². The fraction of sp³-hybridized carbons (Fsp3) is 0.280. The minimum atomic E-state index is -0.685. The van der Waals surface area contributed by atoms with Crippen LogP contribution in [0.25, 0.3) is 5.69 Å². The van der Waals surface area contributed by atoms with Crippen molar-refractivity contribution in [3.63, 3.8) is 0 Å². The van der Waals surface area contributed by atoms with Crippen molar-refractivity contribution < 1.29 is 24.2 Å². The largest absolute Gasteiger partial charge is 0.497 e. The lowest BCUT2D eigenvalue weighted by Gasteiger charge is -2.31. The summed E-state index contributed by atoms with van der Waals surface area (Å²) < 4.78 is 6.66. The number of hydrogen-bond donors (Lipinski definition) is 2. The molecule has 35 heavy (non-hydrogen) atoms. The van der Waals surface area contributed by atoms with E-state index in [9.17, 15) is 19.5 Å². The lowest BCUT2D eigenvalue weighted by molar-refractivity contribution is -0.122. The van der Waals surface area contributed by atoms with Gasteiger partial charge in [0.1, 0.15) is 11.4 Å². The number of hydrogen-bond acceptors (Lipinski definition) is 6. The molecule has 10 heteroatoms. The van der Waals surface area contributed by atoms with Crippen LogP contribution in [-0.4, -0.2) is 58.9 Å². The number of benzene rings is 2. The number of ether oxygens (including phenoxy) is 1. The molecule has 0 radical (unpaired) electrons. The van der Waals surface area contributed by atoms with E-state index in [1.165, 1.54) is 4.68 Å². The minimum absolute atomic E-state index is 0.0879. The van der Waals surface area contributed by atoms with Crippen LogP contribution in [0.2, 0.25) is 0 Å². The van der Waals surface area contributed by atoms with Crippen LogP contribution in [0.1, 0.15) is 39.4 Å². The molecule has 2 aliphatic heterocycles. The molecule has 0 saturated carbocycles. The summed E-state index contributed by atoms with van der Waals surface area (Å²) in [5, 5.41) is 14.1. The third-order valence-electron chi connectivity index (χ3n) is 6.44. The maximum atomic E-state index is 13.6. The Kier molecular flexibility index (Phi) is 5.73. The number of carbonyl (C=O) groups is 3. The number of fused-ring (bicyclic) bond motifs is 1. The van der Waals surface area contributed by atoms with Crippen LogP contribution in [0.4, 0.5) is 11.4 Å². The number of aromatic nitrogens is 2. The number of nitrogens with two attached hydrogens (primary N) is 1. The Morgan fingerprint density at radius 1 is 1.00 bits per heavy atom. The Labute approximate surface area is 201 Å². The van der Waals surface area contributed by atoms with Crippen molar-refractivity contribution in [1.82, 2.24) is 9.78 Å². The zero-order chi connectivity index (χ0) is 24.7. The summed E-state index contributed by atoms with van der Waals surface area (Å²) in [6, 6.07) is 14.2. The second-order valence-electron chi connectivity index (χ2n) is 8.57. The van der Waals surface area contributed by atoms with Gasteiger partial charge in [0.15, 0.2) is 5.69 Å². The third kappa shape index (κ3) is 4.01. The molecule has 2 aliphatic rings. The second kappa shape index (κ2) is 8.88. The van der Waals surface area contributed by atoms with Gasteiger partial charge in [-0.05, 0) is 61.4 Å². The zero-order valence-electron chi connectivity index (χ0n) is 19.2. The molecule has 180 valence electrons. The summed E-state index contributed by atoms with van der Waals surface area (Å²) in [6.45, 7) is 0.802. The van der Waals surface area contributed by atoms with Gasteiger partial charge in [0.05, 0.1) is 25.3 Å². The van der Waals surface area contributed by atoms with Gasteiger partial charge < -0.3 is 25.4 Å². The molecule has 5 rings (SSSR count). The van der Waals surface area contributed by atoms with Gasteiger partial charge in [0, 0.05) is 30.0 Å². The summed E-state index contributed by atoms with van der Waals surface area (Å²) >= 11 is 0. The molecular formula is C25H25N5O5. The van der Waals surface area contributed by atoms with Crippen molar-refractivity contribution in [1.29, 1.82) is 0 Å². The molecule has 1 atom stereocenters. The maximum Gasteiger partial charge on any atom is 0.277 e. The highest BCUT2D eigenvalue weighted by atomic mass is 16.5. The molecular weight excluding hydrogens is 450 g/mol. The highest BCUT2D eigenvalue weighted by molar-refractivity contribution is 6.09. The smallest absolute Gasteiger partial charge is 0.277 e. The molecule has 1 aromatic heterocycles. The number of rotatable bonds is 5. The topological polar surface area (TPSA) is 131 Å². The van der Waals surface area contributed by atoms with Gasteiger partial charge in [-0.1, -0.05) is 0 Å². The first kappa shape index (κ1) is 22.6. The normalized spacial score (nSPS) is 17.9. The van der Waals surface area contributed by atoms with Gasteiger partial charge >= 0.3 is 0 Å². The fourth-order valence-corrected chi connectivity index (χ4v) is 4.62. The van der Waals surface area contributed by atoms with E-state index < -0.39 is 12.0 Å². The number of piperidine rings is 1. The van der Waals surface area contributed by atoms with Gasteiger partial charge in [0.25, 0.3) is 11.8 Å². The Morgan fingerprint density at radius 3 is 2.23 bits per heavy atom. The van der Waals surface area contributed by atoms with Crippen LogP contribution in [-0.2, 0) is 11.2 Å². The van der Waals surface area contributed by atoms with E-state index in [1.807, 2.05) is 0 Å². The quantitative estimate of drug-likeness (QED) is 0.577. The molecule has 0 bridgehead atoms. The van der Waals surface area contributed by atoms with Gasteiger partial charge in [-0.25, -0.2) is 4.68 Å². The average Bonchev–Trinajstić information content (AvgIpc) is 3.26. The Bertz CT molecular complexity index is 1300. The van der Waals surface area contributed by atoms with E-state index >= 15 is 0 Å². The van der Waals surface area contributed by atoms with E-state index in [4.69, 9.17) is 10.5 Å². The third-order valence-corrected chi connectivity index (χ3v) is 6.44. The number of primary amides is 1. The monoisotopic (exact) mass is 475 g/mol. The summed E-state index contributed by atoms with van der Waals surface area (Å²) in [7, 11) is 1.56. The highest BCUT2D eigenvalue weighted by Gasteiger charge is 2.35. The molecule has 3 aromatic rings. The van der Waals surface area contributed by atoms with Gasteiger partial charge in [-0.3, -0.25) is 14.4 Å². The summed E-state index contributed by atoms with van der Waals surface area (Å²) in [5.74, 6) is -0.459. The molecule has 2 aromatic carbocycles. The predicted molar refractivity (Wildman–Crippen MR) is 128 cm³/mol. The van der Waals surface area contributed by atoms with Crippen LogP contribution >= 0.6 is 0 Å². The van der Waals surface area contributed by atoms with Crippen LogP contribution in [0.5, 0.6) is 5.75 Å². The predicted octanol–water partition coefficient (Wildman–Crippen LogP) is 1.67. The number of nitrogens with zero attached hydrogens (tertiary/aromatic N) is 4. The van der Waals surface area contributed by atoms with Crippen molar-refractivity contribution in [3.8, 4) is 11.4 Å². The van der Waals surface area contributed by atoms with Crippen LogP contribution in [0.15, 0.2) is 48.5 Å². The van der Waals surface area contributed by atoms with E-state index in [0.717, 1.165) is 5.69 Å². The highest BCUT2D eigenvalue weighted by Crippen LogP contribution is 2.31. The van der Waals surface area contributed by atoms with Crippen molar-refractivity contribution in [2.75, 3.05) is 30.0 Å². The number of amides is 3. The fourth-order valence-electron chi connectivity index (χ4n) is 4.62. The average molecular weight is 476 g/mol. The van der Waals surface area contributed by atoms with Gasteiger partial charge in [0.2, 0.25) is 5.91 Å². The lowest BCUT2D eigenvalue weighted by Crippen LogP contribution is -2.41. The Hall–Kier alpha value is -4.18. The molecule has 3 N–H and O–H groups in total. The molecule has 3 heterocycles. The lowest BCUT2D eigenvalue weighted by atomic mass is 10.0. The van der Waals surface area contributed by atoms with Gasteiger partial charge in [-0.2, -0.15) is 5.10 Å². The van der Waals surface area contributed by atoms with Crippen LogP contribution in [0, 0.1) is 0 Å². The van der Waals surface area contributed by atoms with Crippen molar-refractivity contribution >= 4 is 29.1 Å². The van der Waals surface area contributed by atoms with Crippen molar-refractivity contribution in [3.05, 3.63) is 65.5 Å². The summed E-state index contributed by atoms with van der Waals surface area (Å²) in [5.41, 5.74) is 8.46. The first-order valence-corrected chi connectivity index (χ1v) is 11.3. The minimum Gasteiger partial charge on any atom is -0.497 e. The summed E-state index contributed by atoms with van der Waals surface area (Å²) in [6.07, 6.45) is 0.448. The molecule has 1 fully saturated rings.